The lowest BCUT2D eigenvalue weighted by Crippen LogP contribution is -2.56. The van der Waals surface area contributed by atoms with E-state index in [1.165, 1.54) is 50.4 Å². The van der Waals surface area contributed by atoms with Gasteiger partial charge in [0.25, 0.3) is 5.08 Å². The van der Waals surface area contributed by atoms with Crippen LogP contribution >= 0.6 is 27.4 Å². The van der Waals surface area contributed by atoms with E-state index in [2.05, 4.69) is 15.3 Å². The number of aliphatic hydroxyl groups is 4. The topological polar surface area (TPSA) is 402 Å². The number of benzene rings is 3. The van der Waals surface area contributed by atoms with Gasteiger partial charge in [0.15, 0.2) is 12.1 Å². The Morgan fingerprint density at radius 2 is 1.68 bits per heavy atom. The first-order chi connectivity index (χ1) is 35.6. The number of hydrogen-bond acceptors (Lipinski definition) is 20. The molecule has 0 unspecified atom stereocenters. The second-order valence-corrected chi connectivity index (χ2v) is 23.2. The van der Waals surface area contributed by atoms with Crippen LogP contribution in [0, 0.1) is 0 Å². The molecule has 1 amide bonds. The fourth-order valence-electron chi connectivity index (χ4n) is 9.17. The molecule has 6 atom stereocenters. The lowest BCUT2D eigenvalue weighted by molar-refractivity contribution is -0.248. The van der Waals surface area contributed by atoms with E-state index in [1.54, 1.807) is 24.3 Å². The Morgan fingerprint density at radius 1 is 1.00 bits per heavy atom. The molecule has 0 radical (unpaired) electrons. The van der Waals surface area contributed by atoms with E-state index < -0.39 is 141 Å². The fourth-order valence-corrected chi connectivity index (χ4v) is 11.5. The van der Waals surface area contributed by atoms with Gasteiger partial charge in [0.1, 0.15) is 34.7 Å². The van der Waals surface area contributed by atoms with Gasteiger partial charge in [-0.1, -0.05) is 36.5 Å². The summed E-state index contributed by atoms with van der Waals surface area (Å²) in [6.45, 7) is 0.520. The summed E-state index contributed by atoms with van der Waals surface area (Å²) in [6, 6.07) is 10.0. The number of nitrogens with zero attached hydrogens (tertiary/aromatic N) is 3. The third kappa shape index (κ3) is 13.3. The number of carboxylic acid groups (broad SMARTS) is 1. The van der Waals surface area contributed by atoms with E-state index in [9.17, 15) is 78.5 Å². The number of aliphatic carboxylic acids is 1. The number of hydrogen-bond donors (Lipinski definition) is 12. The van der Waals surface area contributed by atoms with Crippen LogP contribution in [0.1, 0.15) is 100 Å². The largest absolute Gasteiger partial charge is 0.507 e. The number of nitrogens with one attached hydrogen (secondary N) is 1. The maximum absolute atomic E-state index is 14.2. The van der Waals surface area contributed by atoms with Gasteiger partial charge in [-0.2, -0.15) is 0 Å². The van der Waals surface area contributed by atoms with Gasteiger partial charge >= 0.3 is 21.2 Å². The summed E-state index contributed by atoms with van der Waals surface area (Å²) in [5.74, 6) is -4.63. The van der Waals surface area contributed by atoms with Crippen molar-refractivity contribution >= 4 is 67.6 Å². The summed E-state index contributed by atoms with van der Waals surface area (Å²) in [4.78, 5) is 100. The number of phenolic OH excluding ortho intramolecular Hbond substituents is 2. The highest BCUT2D eigenvalue weighted by molar-refractivity contribution is 7.80. The van der Waals surface area contributed by atoms with Crippen LogP contribution in [-0.2, 0) is 34.6 Å². The molecule has 1 aliphatic heterocycles. The van der Waals surface area contributed by atoms with Crippen molar-refractivity contribution in [2.75, 3.05) is 53.6 Å². The van der Waals surface area contributed by atoms with Crippen molar-refractivity contribution in [3.05, 3.63) is 81.4 Å². The highest BCUT2D eigenvalue weighted by Crippen LogP contribution is 2.69. The quantitative estimate of drug-likeness (QED) is 0.0155. The van der Waals surface area contributed by atoms with Crippen LogP contribution in [0.2, 0.25) is 0 Å². The molecule has 2 aliphatic carbocycles. The van der Waals surface area contributed by atoms with Crippen molar-refractivity contribution in [2.24, 2.45) is 9.98 Å². The second-order valence-electron chi connectivity index (χ2n) is 18.6. The number of aromatic hydroxyl groups is 2. The molecule has 3 aliphatic rings. The summed E-state index contributed by atoms with van der Waals surface area (Å²) in [6.07, 6.45) is -6.32. The number of ether oxygens (including phenoxy) is 4. The molecule has 6 rings (SSSR count). The minimum Gasteiger partial charge on any atom is -0.507 e. The lowest BCUT2D eigenvalue weighted by Gasteiger charge is -2.43. The number of ketones is 2. The fraction of sp³-hybridized carbons (Fsp3) is 0.479. The van der Waals surface area contributed by atoms with Gasteiger partial charge in [0, 0.05) is 73.0 Å². The SMILES string of the molecule is COc1cccc2c1C(=O)c1c(O)c3c(c(O)c1C2=O)C[C@@](O)(C(CO)=NCC(=S)CN=Cc1cccc(OCCCN(C)CCC(O)(P(=O)(O)O)P(=O)(O)O)c1)C[C@@H]3O[C@H]1C[C@H](NC(=O)CCC(=O)O)[C@H](O)[C@H](C)O1. The van der Waals surface area contributed by atoms with E-state index in [-0.39, 0.29) is 77.8 Å². The highest BCUT2D eigenvalue weighted by atomic mass is 32.1. The molecule has 0 bridgehead atoms. The van der Waals surface area contributed by atoms with Gasteiger partial charge in [-0.3, -0.25) is 38.3 Å². The second kappa shape index (κ2) is 24.5. The number of rotatable bonds is 24. The predicted octanol–water partition coefficient (Wildman–Crippen LogP) is 1.48. The number of thiocarbonyl (C=S) groups is 1. The molecular weight excluding hydrogens is 1060 g/mol. The molecule has 0 spiro atoms. The molecule has 28 heteroatoms. The zero-order valence-corrected chi connectivity index (χ0v) is 43.9. The van der Waals surface area contributed by atoms with Crippen molar-refractivity contribution in [3.63, 3.8) is 0 Å². The van der Waals surface area contributed by atoms with Gasteiger partial charge in [-0.05, 0) is 44.2 Å². The number of aliphatic imine (C=N–C) groups is 2. The summed E-state index contributed by atoms with van der Waals surface area (Å²) in [7, 11) is -8.33. The van der Waals surface area contributed by atoms with E-state index >= 15 is 0 Å². The van der Waals surface area contributed by atoms with Gasteiger partial charge in [0.05, 0.1) is 80.5 Å². The predicted molar refractivity (Wildman–Crippen MR) is 273 cm³/mol. The molecule has 12 N–H and O–H groups in total. The molecule has 3 aromatic carbocycles. The van der Waals surface area contributed by atoms with Crippen LogP contribution in [-0.4, -0.2) is 189 Å². The monoisotopic (exact) mass is 1120 g/mol. The van der Waals surface area contributed by atoms with Gasteiger partial charge < -0.3 is 84.5 Å². The van der Waals surface area contributed by atoms with Crippen molar-refractivity contribution in [1.82, 2.24) is 10.2 Å². The number of carbonyl (C=O) groups is 4. The van der Waals surface area contributed by atoms with Crippen LogP contribution in [0.4, 0.5) is 0 Å². The molecule has 1 saturated heterocycles. The molecule has 76 heavy (non-hydrogen) atoms. The zero-order chi connectivity index (χ0) is 56.1. The summed E-state index contributed by atoms with van der Waals surface area (Å²) in [5, 5.41) is 76.6. The molecule has 0 saturated carbocycles. The maximum Gasteiger partial charge on any atom is 0.369 e. The first-order valence-corrected chi connectivity index (χ1v) is 27.3. The molecule has 1 fully saturated rings. The smallest absolute Gasteiger partial charge is 0.369 e. The molecule has 0 aromatic heterocycles. The Labute approximate surface area is 440 Å². The van der Waals surface area contributed by atoms with Gasteiger partial charge in [0.2, 0.25) is 11.7 Å². The third-order valence-electron chi connectivity index (χ3n) is 13.2. The number of aliphatic hydroxyl groups excluding tert-OH is 2. The highest BCUT2D eigenvalue weighted by Gasteiger charge is 2.59. The van der Waals surface area contributed by atoms with Gasteiger partial charge in [-0.15, -0.1) is 0 Å². The maximum atomic E-state index is 14.2. The molecule has 1 heterocycles. The summed E-state index contributed by atoms with van der Waals surface area (Å²) in [5.41, 5.74) is -3.67. The van der Waals surface area contributed by atoms with Crippen LogP contribution in [0.3, 0.4) is 0 Å². The summed E-state index contributed by atoms with van der Waals surface area (Å²) >= 11 is 5.55. The number of carboxylic acids is 1. The third-order valence-corrected chi connectivity index (χ3v) is 17.4. The van der Waals surface area contributed by atoms with Crippen molar-refractivity contribution < 1.29 is 103 Å². The average molecular weight is 1120 g/mol. The zero-order valence-electron chi connectivity index (χ0n) is 41.3. The molecule has 25 nitrogen and oxygen atoms in total. The van der Waals surface area contributed by atoms with Crippen LogP contribution in [0.15, 0.2) is 52.4 Å². The van der Waals surface area contributed by atoms with Crippen molar-refractivity contribution in [2.45, 2.75) is 93.2 Å². The number of amides is 1. The summed E-state index contributed by atoms with van der Waals surface area (Å²) < 4.78 is 46.8. The van der Waals surface area contributed by atoms with Gasteiger partial charge in [-0.25, -0.2) is 0 Å². The minimum atomic E-state index is -5.58. The van der Waals surface area contributed by atoms with E-state index in [4.69, 9.17) is 36.3 Å². The molecule has 3 aromatic rings. The lowest BCUT2D eigenvalue weighted by atomic mass is 9.71. The van der Waals surface area contributed by atoms with E-state index in [0.29, 0.717) is 17.7 Å². The number of carbonyl (C=O) groups excluding carboxylic acids is 3. The molecular formula is C48H60N4O21P2S. The van der Waals surface area contributed by atoms with Crippen molar-refractivity contribution in [3.8, 4) is 23.0 Å². The Kier molecular flexibility index (Phi) is 19.3. The minimum absolute atomic E-state index is 0.0231. The Bertz CT molecular complexity index is 2870. The standard InChI is InChI=1S/C48H60N4O21P2S/c1-25-42(57)31(51-35(54)11-12-36(55)56)18-37(72-25)73-33-20-47(62,19-30-39(33)46(61)41-40(44(30)59)43(58)29-9-5-10-32(70-3)38(29)45(41)60)34(24-53)50-23-28(76)22-49-21-26-7-4-8-27(17-26)71-16-6-14-52(2)15-13-48(63,74(64,65)66)75(67,68)69/h4-5,7-10,17,21,25,31,33,37,42,53,57,59,61-63H,6,11-16,18-20,22-24H2,1-3H3,(H,51,54)(H,55,56)(H2,64,65,66)(H2,67,68,69)/t25-,31-,33-,37-,42+,47-/m0/s1. The molecule has 414 valence electrons. The number of methoxy groups -OCH3 is 1. The Morgan fingerprint density at radius 3 is 2.34 bits per heavy atom. The van der Waals surface area contributed by atoms with E-state index in [0.717, 1.165) is 0 Å². The van der Waals surface area contributed by atoms with Crippen LogP contribution in [0.25, 0.3) is 0 Å². The van der Waals surface area contributed by atoms with Crippen LogP contribution < -0.4 is 14.8 Å². The Hall–Kier alpha value is -5.41. The first-order valence-electron chi connectivity index (χ1n) is 23.6. The Balaban J connectivity index is 1.18. The van der Waals surface area contributed by atoms with E-state index in [1.807, 2.05) is 0 Å². The first kappa shape index (κ1) is 59.8. The number of fused-ring (bicyclic) bond motifs is 3. The van der Waals surface area contributed by atoms with Crippen LogP contribution in [0.5, 0.6) is 23.0 Å². The normalized spacial score (nSPS) is 22.0. The average Bonchev–Trinajstić information content (AvgIpc) is 3.35. The number of phenols is 2. The van der Waals surface area contributed by atoms with Crippen molar-refractivity contribution in [1.29, 1.82) is 0 Å².